The number of amides is 1. The van der Waals surface area contributed by atoms with Gasteiger partial charge in [-0.25, -0.2) is 9.97 Å². The predicted octanol–water partition coefficient (Wildman–Crippen LogP) is 5.41. The first-order valence-corrected chi connectivity index (χ1v) is 10.5. The van der Waals surface area contributed by atoms with Gasteiger partial charge >= 0.3 is 0 Å². The minimum Gasteiger partial charge on any atom is -0.371 e. The van der Waals surface area contributed by atoms with Crippen molar-refractivity contribution in [3.63, 3.8) is 0 Å². The van der Waals surface area contributed by atoms with Crippen LogP contribution in [0.25, 0.3) is 0 Å². The number of nitrogens with zero attached hydrogens (tertiary/aromatic N) is 3. The number of rotatable bonds is 3. The second-order valence-electron chi connectivity index (χ2n) is 7.63. The zero-order chi connectivity index (χ0) is 20.3. The number of halogens is 1. The molecule has 0 atom stereocenters. The summed E-state index contributed by atoms with van der Waals surface area (Å²) < 4.78 is 0. The van der Waals surface area contributed by atoms with Gasteiger partial charge in [-0.3, -0.25) is 4.79 Å². The third-order valence-corrected chi connectivity index (χ3v) is 5.76. The molecule has 6 heteroatoms. The van der Waals surface area contributed by atoms with E-state index in [1.54, 1.807) is 6.07 Å². The summed E-state index contributed by atoms with van der Waals surface area (Å²) in [6.45, 7) is 9.91. The maximum atomic E-state index is 12.9. The van der Waals surface area contributed by atoms with Crippen LogP contribution < -0.4 is 10.2 Å². The van der Waals surface area contributed by atoms with E-state index in [-0.39, 0.29) is 11.2 Å². The maximum absolute atomic E-state index is 12.9. The van der Waals surface area contributed by atoms with Crippen molar-refractivity contribution in [2.45, 2.75) is 53.4 Å². The minimum atomic E-state index is -0.166. The van der Waals surface area contributed by atoms with Gasteiger partial charge in [0.05, 0.1) is 5.56 Å². The Kier molecular flexibility index (Phi) is 6.23. The summed E-state index contributed by atoms with van der Waals surface area (Å²) in [7, 11) is 0. The number of benzene rings is 1. The van der Waals surface area contributed by atoms with Gasteiger partial charge < -0.3 is 10.2 Å². The van der Waals surface area contributed by atoms with E-state index in [2.05, 4.69) is 33.2 Å². The van der Waals surface area contributed by atoms with Crippen molar-refractivity contribution < 1.29 is 4.79 Å². The summed E-state index contributed by atoms with van der Waals surface area (Å²) in [4.78, 5) is 23.4. The number of carbonyl (C=O) groups is 1. The van der Waals surface area contributed by atoms with Gasteiger partial charge in [0, 0.05) is 30.5 Å². The summed E-state index contributed by atoms with van der Waals surface area (Å²) in [5.41, 5.74) is 4.17. The van der Waals surface area contributed by atoms with Crippen molar-refractivity contribution in [2.24, 2.45) is 5.41 Å². The van der Waals surface area contributed by atoms with E-state index in [4.69, 9.17) is 11.6 Å². The molecule has 2 aromatic rings. The molecule has 0 bridgehead atoms. The first kappa shape index (κ1) is 20.6. The van der Waals surface area contributed by atoms with Gasteiger partial charge in [0.1, 0.15) is 5.82 Å². The molecule has 1 saturated heterocycles. The Morgan fingerprint density at radius 3 is 2.36 bits per heavy atom. The van der Waals surface area contributed by atoms with Gasteiger partial charge in [0.15, 0.2) is 0 Å². The first-order valence-electron chi connectivity index (χ1n) is 10.1. The molecule has 2 fully saturated rings. The second kappa shape index (κ2) is 8.48. The molecule has 1 aliphatic heterocycles. The topological polar surface area (TPSA) is 58.1 Å². The first-order chi connectivity index (χ1) is 13.4. The lowest BCUT2D eigenvalue weighted by Crippen LogP contribution is -2.35. The standard InChI is InChI=1S/C20H23ClN4O.C2H6/c1-13-3-4-15(18(26)23-17-12-14(2)22-19(21)24-17)16(11-13)25-9-7-20(5-6-20)8-10-25;1-2/h3-4,11-12H,5-10H2,1-2H3,(H,22,23,24,26);1-2H3. The molecular formula is C22H29ClN4O. The summed E-state index contributed by atoms with van der Waals surface area (Å²) >= 11 is 5.90. The van der Waals surface area contributed by atoms with Crippen LogP contribution >= 0.6 is 11.6 Å². The Balaban J connectivity index is 0.00000109. The van der Waals surface area contributed by atoms with Crippen LogP contribution in [0.5, 0.6) is 0 Å². The molecule has 2 aliphatic rings. The zero-order valence-electron chi connectivity index (χ0n) is 17.2. The third-order valence-electron chi connectivity index (χ3n) is 5.59. The van der Waals surface area contributed by atoms with Crippen molar-refractivity contribution in [1.82, 2.24) is 9.97 Å². The summed E-state index contributed by atoms with van der Waals surface area (Å²) in [6.07, 6.45) is 5.19. The van der Waals surface area contributed by atoms with E-state index in [0.717, 1.165) is 30.0 Å². The molecule has 28 heavy (non-hydrogen) atoms. The van der Waals surface area contributed by atoms with E-state index in [0.29, 0.717) is 16.8 Å². The molecule has 1 spiro atoms. The van der Waals surface area contributed by atoms with E-state index >= 15 is 0 Å². The molecule has 0 unspecified atom stereocenters. The highest BCUT2D eigenvalue weighted by Gasteiger charge is 2.44. The molecule has 1 aromatic carbocycles. The number of carbonyl (C=O) groups excluding carboxylic acids is 1. The Hall–Kier alpha value is -2.14. The van der Waals surface area contributed by atoms with Crippen molar-refractivity contribution >= 4 is 29.0 Å². The van der Waals surface area contributed by atoms with Crippen LogP contribution in [0, 0.1) is 19.3 Å². The van der Waals surface area contributed by atoms with Crippen molar-refractivity contribution in [3.05, 3.63) is 46.4 Å². The normalized spacial score (nSPS) is 17.0. The molecule has 150 valence electrons. The number of aryl methyl sites for hydroxylation is 2. The fraction of sp³-hybridized carbons (Fsp3) is 0.500. The largest absolute Gasteiger partial charge is 0.371 e. The van der Waals surface area contributed by atoms with Crippen LogP contribution in [0.3, 0.4) is 0 Å². The highest BCUT2D eigenvalue weighted by atomic mass is 35.5. The molecule has 5 nitrogen and oxygen atoms in total. The SMILES string of the molecule is CC.Cc1ccc(C(=O)Nc2cc(C)nc(Cl)n2)c(N2CCC3(CC2)CC3)c1. The van der Waals surface area contributed by atoms with E-state index in [1.165, 1.54) is 25.7 Å². The lowest BCUT2D eigenvalue weighted by atomic mass is 9.92. The number of aromatic nitrogens is 2. The van der Waals surface area contributed by atoms with Gasteiger partial charge in [0.25, 0.3) is 5.91 Å². The molecule has 0 radical (unpaired) electrons. The van der Waals surface area contributed by atoms with Gasteiger partial charge in [-0.2, -0.15) is 0 Å². The van der Waals surface area contributed by atoms with E-state index < -0.39 is 0 Å². The Morgan fingerprint density at radius 1 is 1.07 bits per heavy atom. The van der Waals surface area contributed by atoms with Gasteiger partial charge in [-0.1, -0.05) is 19.9 Å². The lowest BCUT2D eigenvalue weighted by Gasteiger charge is -2.35. The summed E-state index contributed by atoms with van der Waals surface area (Å²) in [5, 5.41) is 3.00. The fourth-order valence-corrected chi connectivity index (χ4v) is 4.00. The molecule has 4 rings (SSSR count). The molecule has 1 amide bonds. The summed E-state index contributed by atoms with van der Waals surface area (Å²) in [5.74, 6) is 0.260. The van der Waals surface area contributed by atoms with Crippen molar-refractivity contribution in [2.75, 3.05) is 23.3 Å². The zero-order valence-corrected chi connectivity index (χ0v) is 17.9. The monoisotopic (exact) mass is 400 g/mol. The van der Waals surface area contributed by atoms with E-state index in [9.17, 15) is 4.79 Å². The second-order valence-corrected chi connectivity index (χ2v) is 7.96. The van der Waals surface area contributed by atoms with Crippen molar-refractivity contribution in [3.8, 4) is 0 Å². The predicted molar refractivity (Wildman–Crippen MR) is 115 cm³/mol. The Labute approximate surface area is 172 Å². The molecule has 1 aliphatic carbocycles. The molecule has 1 aromatic heterocycles. The third kappa shape index (κ3) is 4.64. The average molecular weight is 401 g/mol. The maximum Gasteiger partial charge on any atom is 0.258 e. The molecule has 1 saturated carbocycles. The molecular weight excluding hydrogens is 372 g/mol. The smallest absolute Gasteiger partial charge is 0.258 e. The van der Waals surface area contributed by atoms with Crippen LogP contribution in [0.1, 0.15) is 61.1 Å². The highest BCUT2D eigenvalue weighted by molar-refractivity contribution is 6.28. The fourth-order valence-electron chi connectivity index (χ4n) is 3.77. The van der Waals surface area contributed by atoms with Gasteiger partial charge in [0.2, 0.25) is 5.28 Å². The van der Waals surface area contributed by atoms with Crippen LogP contribution in [0.4, 0.5) is 11.5 Å². The number of hydrogen-bond acceptors (Lipinski definition) is 4. The lowest BCUT2D eigenvalue weighted by molar-refractivity contribution is 0.102. The number of piperidine rings is 1. The van der Waals surface area contributed by atoms with E-state index in [1.807, 2.05) is 32.9 Å². The minimum absolute atomic E-state index is 0.134. The molecule has 2 heterocycles. The van der Waals surface area contributed by atoms with Gasteiger partial charge in [-0.15, -0.1) is 0 Å². The van der Waals surface area contributed by atoms with Crippen LogP contribution in [-0.4, -0.2) is 29.0 Å². The van der Waals surface area contributed by atoms with Crippen LogP contribution in [0.2, 0.25) is 5.28 Å². The van der Waals surface area contributed by atoms with Crippen LogP contribution in [-0.2, 0) is 0 Å². The Morgan fingerprint density at radius 2 is 1.75 bits per heavy atom. The molecule has 1 N–H and O–H groups in total. The van der Waals surface area contributed by atoms with Gasteiger partial charge in [-0.05, 0) is 74.2 Å². The number of hydrogen-bond donors (Lipinski definition) is 1. The number of anilines is 2. The average Bonchev–Trinajstić information content (AvgIpc) is 3.42. The number of nitrogens with one attached hydrogen (secondary N) is 1. The quantitative estimate of drug-likeness (QED) is 0.700. The highest BCUT2D eigenvalue weighted by Crippen LogP contribution is 2.54. The van der Waals surface area contributed by atoms with Crippen LogP contribution in [0.15, 0.2) is 24.3 Å². The van der Waals surface area contributed by atoms with Crippen molar-refractivity contribution in [1.29, 1.82) is 0 Å². The Bertz CT molecular complexity index is 833. The summed E-state index contributed by atoms with van der Waals surface area (Å²) in [6, 6.07) is 7.70.